The van der Waals surface area contributed by atoms with Crippen LogP contribution in [-0.4, -0.2) is 5.11 Å². The van der Waals surface area contributed by atoms with Crippen molar-refractivity contribution in [3.05, 3.63) is 57.0 Å². The molecule has 0 aliphatic rings. The lowest BCUT2D eigenvalue weighted by Crippen LogP contribution is -1.97. The lowest BCUT2D eigenvalue weighted by molar-refractivity contribution is 0.224. The molecule has 0 saturated carbocycles. The molecule has 4 heteroatoms. The molecule has 0 aliphatic carbocycles. The Hall–Kier alpha value is -0.900. The van der Waals surface area contributed by atoms with Gasteiger partial charge < -0.3 is 5.11 Å². The van der Waals surface area contributed by atoms with E-state index in [0.29, 0.717) is 5.56 Å². The summed E-state index contributed by atoms with van der Waals surface area (Å²) in [6.45, 7) is 0. The second-order valence-corrected chi connectivity index (χ2v) is 4.48. The Morgan fingerprint density at radius 3 is 2.73 bits per heavy atom. The molecule has 1 N–H and O–H groups in total. The Morgan fingerprint density at radius 1 is 1.33 bits per heavy atom. The summed E-state index contributed by atoms with van der Waals surface area (Å²) in [5.74, 6) is -0.473. The zero-order chi connectivity index (χ0) is 10.8. The lowest BCUT2D eigenvalue weighted by Gasteiger charge is -2.09. The molecule has 2 rings (SSSR count). The van der Waals surface area contributed by atoms with Crippen molar-refractivity contribution >= 4 is 22.9 Å². The van der Waals surface area contributed by atoms with Gasteiger partial charge in [-0.25, -0.2) is 4.39 Å². The van der Waals surface area contributed by atoms with E-state index in [1.165, 1.54) is 29.5 Å². The highest BCUT2D eigenvalue weighted by atomic mass is 35.5. The van der Waals surface area contributed by atoms with Crippen LogP contribution in [-0.2, 0) is 0 Å². The fraction of sp³-hybridized carbons (Fsp3) is 0.0909. The number of aliphatic hydroxyl groups is 1. The van der Waals surface area contributed by atoms with Crippen molar-refractivity contribution in [3.63, 3.8) is 0 Å². The minimum Gasteiger partial charge on any atom is -0.383 e. The fourth-order valence-corrected chi connectivity index (χ4v) is 2.22. The summed E-state index contributed by atoms with van der Waals surface area (Å²) >= 11 is 7.09. The Bertz CT molecular complexity index is 456. The van der Waals surface area contributed by atoms with Crippen LogP contribution in [0.5, 0.6) is 0 Å². The molecule has 1 atom stereocenters. The van der Waals surface area contributed by atoms with Crippen molar-refractivity contribution in [1.29, 1.82) is 0 Å². The fourth-order valence-electron chi connectivity index (χ4n) is 1.29. The van der Waals surface area contributed by atoms with E-state index in [-0.39, 0.29) is 5.02 Å². The van der Waals surface area contributed by atoms with Gasteiger partial charge in [-0.1, -0.05) is 23.7 Å². The zero-order valence-corrected chi connectivity index (χ0v) is 9.23. The highest BCUT2D eigenvalue weighted by Crippen LogP contribution is 2.28. The Balaban J connectivity index is 2.34. The first-order valence-corrected chi connectivity index (χ1v) is 5.60. The van der Waals surface area contributed by atoms with Gasteiger partial charge in [0.1, 0.15) is 11.9 Å². The van der Waals surface area contributed by atoms with Crippen LogP contribution in [0.3, 0.4) is 0 Å². The molecule has 2 aromatic rings. The Morgan fingerprint density at radius 2 is 2.13 bits per heavy atom. The van der Waals surface area contributed by atoms with E-state index >= 15 is 0 Å². The van der Waals surface area contributed by atoms with Crippen LogP contribution in [0, 0.1) is 5.82 Å². The molecule has 0 amide bonds. The van der Waals surface area contributed by atoms with Crippen LogP contribution in [0.1, 0.15) is 16.5 Å². The van der Waals surface area contributed by atoms with Crippen molar-refractivity contribution < 1.29 is 9.50 Å². The van der Waals surface area contributed by atoms with Crippen LogP contribution < -0.4 is 0 Å². The normalized spacial score (nSPS) is 12.7. The van der Waals surface area contributed by atoms with Gasteiger partial charge in [0, 0.05) is 4.88 Å². The number of hydrogen-bond acceptors (Lipinski definition) is 2. The van der Waals surface area contributed by atoms with Gasteiger partial charge >= 0.3 is 0 Å². The second kappa shape index (κ2) is 4.31. The highest BCUT2D eigenvalue weighted by molar-refractivity contribution is 7.10. The van der Waals surface area contributed by atoms with E-state index in [1.807, 2.05) is 17.5 Å². The molecule has 0 radical (unpaired) electrons. The monoisotopic (exact) mass is 242 g/mol. The molecule has 0 aliphatic heterocycles. The first-order valence-electron chi connectivity index (χ1n) is 4.35. The molecule has 15 heavy (non-hydrogen) atoms. The van der Waals surface area contributed by atoms with Crippen molar-refractivity contribution in [2.45, 2.75) is 6.10 Å². The molecular weight excluding hydrogens is 235 g/mol. The van der Waals surface area contributed by atoms with Crippen LogP contribution in [0.25, 0.3) is 0 Å². The number of hydrogen-bond donors (Lipinski definition) is 1. The molecule has 0 spiro atoms. The molecule has 0 fully saturated rings. The van der Waals surface area contributed by atoms with E-state index < -0.39 is 11.9 Å². The topological polar surface area (TPSA) is 20.2 Å². The lowest BCUT2D eigenvalue weighted by atomic mass is 10.1. The van der Waals surface area contributed by atoms with Crippen molar-refractivity contribution in [2.75, 3.05) is 0 Å². The van der Waals surface area contributed by atoms with E-state index in [0.717, 1.165) is 4.88 Å². The second-order valence-electron chi connectivity index (χ2n) is 3.09. The van der Waals surface area contributed by atoms with Crippen molar-refractivity contribution in [3.8, 4) is 0 Å². The molecule has 0 saturated heterocycles. The van der Waals surface area contributed by atoms with Crippen LogP contribution in [0.2, 0.25) is 5.02 Å². The summed E-state index contributed by atoms with van der Waals surface area (Å²) in [5, 5.41) is 11.8. The van der Waals surface area contributed by atoms with Crippen molar-refractivity contribution in [1.82, 2.24) is 0 Å². The molecule has 1 aromatic heterocycles. The number of aliphatic hydroxyl groups excluding tert-OH is 1. The average molecular weight is 243 g/mol. The largest absolute Gasteiger partial charge is 0.383 e. The summed E-state index contributed by atoms with van der Waals surface area (Å²) in [7, 11) is 0. The van der Waals surface area contributed by atoms with Gasteiger partial charge in [-0.05, 0) is 29.1 Å². The smallest absolute Gasteiger partial charge is 0.141 e. The number of rotatable bonds is 2. The summed E-state index contributed by atoms with van der Waals surface area (Å²) < 4.78 is 12.9. The molecular formula is C11H8ClFOS. The first-order chi connectivity index (χ1) is 7.18. The number of thiophene rings is 1. The summed E-state index contributed by atoms with van der Waals surface area (Å²) in [6, 6.07) is 7.92. The third-order valence-electron chi connectivity index (χ3n) is 2.07. The van der Waals surface area contributed by atoms with Gasteiger partial charge in [-0.3, -0.25) is 0 Å². The summed E-state index contributed by atoms with van der Waals surface area (Å²) in [4.78, 5) is 0.817. The molecule has 1 aromatic carbocycles. The number of benzene rings is 1. The first kappa shape index (κ1) is 10.6. The van der Waals surface area contributed by atoms with Crippen LogP contribution in [0.15, 0.2) is 35.7 Å². The summed E-state index contributed by atoms with van der Waals surface area (Å²) in [5.41, 5.74) is 0.601. The van der Waals surface area contributed by atoms with E-state index in [1.54, 1.807) is 0 Å². The third-order valence-corrected chi connectivity index (χ3v) is 3.29. The van der Waals surface area contributed by atoms with Crippen LogP contribution in [0.4, 0.5) is 4.39 Å². The van der Waals surface area contributed by atoms with Crippen LogP contribution >= 0.6 is 22.9 Å². The summed E-state index contributed by atoms with van der Waals surface area (Å²) in [6.07, 6.45) is -0.733. The van der Waals surface area contributed by atoms with E-state index in [4.69, 9.17) is 11.6 Å². The molecule has 1 nitrogen and oxygen atoms in total. The van der Waals surface area contributed by atoms with E-state index in [2.05, 4.69) is 0 Å². The maximum Gasteiger partial charge on any atom is 0.141 e. The van der Waals surface area contributed by atoms with Gasteiger partial charge in [0.25, 0.3) is 0 Å². The Labute approximate surface area is 95.8 Å². The SMILES string of the molecule is OC(c1ccc(F)c(Cl)c1)c1cccs1. The molecule has 78 valence electrons. The zero-order valence-electron chi connectivity index (χ0n) is 7.65. The standard InChI is InChI=1S/C11H8ClFOS/c12-8-6-7(3-4-9(8)13)11(14)10-2-1-5-15-10/h1-6,11,14H. The molecule has 1 unspecified atom stereocenters. The predicted molar refractivity (Wildman–Crippen MR) is 59.8 cm³/mol. The van der Waals surface area contributed by atoms with Gasteiger partial charge in [-0.2, -0.15) is 0 Å². The minimum atomic E-state index is -0.733. The van der Waals surface area contributed by atoms with E-state index in [9.17, 15) is 9.50 Å². The Kier molecular flexibility index (Phi) is 3.05. The van der Waals surface area contributed by atoms with Gasteiger partial charge in [0.05, 0.1) is 5.02 Å². The van der Waals surface area contributed by atoms with Gasteiger partial charge in [0.15, 0.2) is 0 Å². The van der Waals surface area contributed by atoms with Gasteiger partial charge in [-0.15, -0.1) is 11.3 Å². The highest BCUT2D eigenvalue weighted by Gasteiger charge is 2.12. The maximum atomic E-state index is 12.9. The molecule has 1 heterocycles. The minimum absolute atomic E-state index is 0.0307. The maximum absolute atomic E-state index is 12.9. The predicted octanol–water partition coefficient (Wildman–Crippen LogP) is 3.62. The third kappa shape index (κ3) is 2.20. The quantitative estimate of drug-likeness (QED) is 0.853. The number of halogens is 2. The average Bonchev–Trinajstić information content (AvgIpc) is 2.74. The van der Waals surface area contributed by atoms with Crippen molar-refractivity contribution in [2.24, 2.45) is 0 Å². The van der Waals surface area contributed by atoms with Gasteiger partial charge in [0.2, 0.25) is 0 Å². The molecule has 0 bridgehead atoms.